The van der Waals surface area contributed by atoms with Crippen LogP contribution in [0.1, 0.15) is 30.1 Å². The topological polar surface area (TPSA) is 89.9 Å². The van der Waals surface area contributed by atoms with Crippen molar-refractivity contribution < 1.29 is 19.8 Å². The third-order valence-corrected chi connectivity index (χ3v) is 3.70. The zero-order valence-electron chi connectivity index (χ0n) is 12.0. The summed E-state index contributed by atoms with van der Waals surface area (Å²) in [4.78, 5) is 24.5. The molecule has 0 spiro atoms. The van der Waals surface area contributed by atoms with Gasteiger partial charge in [-0.15, -0.1) is 0 Å². The summed E-state index contributed by atoms with van der Waals surface area (Å²) in [5, 5.41) is 20.9. The molecule has 6 heteroatoms. The van der Waals surface area contributed by atoms with Crippen LogP contribution in [0.4, 0.5) is 10.5 Å². The van der Waals surface area contributed by atoms with Crippen molar-refractivity contribution in [2.24, 2.45) is 5.92 Å². The summed E-state index contributed by atoms with van der Waals surface area (Å²) in [6, 6.07) is 5.96. The van der Waals surface area contributed by atoms with E-state index in [4.69, 9.17) is 10.2 Å². The first-order valence-electron chi connectivity index (χ1n) is 7.03. The lowest BCUT2D eigenvalue weighted by molar-refractivity contribution is 0.0697. The van der Waals surface area contributed by atoms with Crippen molar-refractivity contribution in [2.75, 3.05) is 18.1 Å². The number of carbonyl (C=O) groups excluding carboxylic acids is 1. The molecule has 0 atom stereocenters. The first-order chi connectivity index (χ1) is 10.0. The number of aliphatic hydroxyl groups excluding tert-OH is 1. The highest BCUT2D eigenvalue weighted by molar-refractivity contribution is 5.93. The third-order valence-electron chi connectivity index (χ3n) is 3.70. The lowest BCUT2D eigenvalue weighted by atomic mass is 9.82. The summed E-state index contributed by atoms with van der Waals surface area (Å²) in [7, 11) is 0. The molecule has 114 valence electrons. The van der Waals surface area contributed by atoms with E-state index < -0.39 is 5.97 Å². The van der Waals surface area contributed by atoms with Gasteiger partial charge in [-0.3, -0.25) is 4.90 Å². The number of carboxylic acid groups (broad SMARTS) is 1. The molecule has 3 N–H and O–H groups in total. The van der Waals surface area contributed by atoms with E-state index in [1.165, 1.54) is 17.0 Å². The number of urea groups is 1. The Hall–Kier alpha value is -2.08. The highest BCUT2D eigenvalue weighted by Crippen LogP contribution is 2.26. The maximum atomic E-state index is 12.2. The molecule has 1 fully saturated rings. The molecule has 21 heavy (non-hydrogen) atoms. The highest BCUT2D eigenvalue weighted by Gasteiger charge is 2.28. The number of aliphatic hydroxyl groups is 1. The number of hydrogen-bond donors (Lipinski definition) is 3. The van der Waals surface area contributed by atoms with Crippen molar-refractivity contribution >= 4 is 17.7 Å². The molecule has 0 bridgehead atoms. The standard InChI is InChI=1S/C15H20N2O4/c1-10-8-12(9-10)16-15(21)17(6-7-18)13-4-2-11(3-5-13)14(19)20/h2-5,10,12,18H,6-9H2,1H3,(H,16,21)(H,19,20). The van der Waals surface area contributed by atoms with Gasteiger partial charge in [0.05, 0.1) is 18.7 Å². The molecule has 0 saturated heterocycles. The zero-order chi connectivity index (χ0) is 15.4. The molecule has 6 nitrogen and oxygen atoms in total. The largest absolute Gasteiger partial charge is 0.478 e. The number of hydrogen-bond acceptors (Lipinski definition) is 3. The van der Waals surface area contributed by atoms with E-state index in [0.29, 0.717) is 11.6 Å². The van der Waals surface area contributed by atoms with Crippen molar-refractivity contribution in [1.82, 2.24) is 5.32 Å². The predicted octanol–water partition coefficient (Wildman–Crippen LogP) is 1.69. The Labute approximate surface area is 123 Å². The number of anilines is 1. The smallest absolute Gasteiger partial charge is 0.335 e. The number of nitrogens with zero attached hydrogens (tertiary/aromatic N) is 1. The number of amides is 2. The quantitative estimate of drug-likeness (QED) is 0.770. The van der Waals surface area contributed by atoms with Crippen LogP contribution in [0.15, 0.2) is 24.3 Å². The maximum absolute atomic E-state index is 12.2. The first-order valence-corrected chi connectivity index (χ1v) is 7.03. The predicted molar refractivity (Wildman–Crippen MR) is 78.6 cm³/mol. The lowest BCUT2D eigenvalue weighted by Crippen LogP contribution is -2.50. The molecule has 1 aliphatic rings. The Morgan fingerprint density at radius 1 is 1.29 bits per heavy atom. The van der Waals surface area contributed by atoms with Crippen LogP contribution in [-0.4, -0.2) is 41.4 Å². The molecule has 0 aromatic heterocycles. The average Bonchev–Trinajstić information content (AvgIpc) is 2.43. The fraction of sp³-hybridized carbons (Fsp3) is 0.467. The number of aromatic carboxylic acids is 1. The normalized spacial score (nSPS) is 20.5. The van der Waals surface area contributed by atoms with Gasteiger partial charge in [-0.1, -0.05) is 6.92 Å². The van der Waals surface area contributed by atoms with Gasteiger partial charge in [0.1, 0.15) is 0 Å². The van der Waals surface area contributed by atoms with Crippen LogP contribution >= 0.6 is 0 Å². The molecule has 0 unspecified atom stereocenters. The Kier molecular flexibility index (Phi) is 4.80. The van der Waals surface area contributed by atoms with Crippen molar-refractivity contribution in [3.63, 3.8) is 0 Å². The minimum absolute atomic E-state index is 0.158. The Morgan fingerprint density at radius 2 is 1.90 bits per heavy atom. The fourth-order valence-electron chi connectivity index (χ4n) is 2.50. The maximum Gasteiger partial charge on any atom is 0.335 e. The number of rotatable bonds is 5. The number of carbonyl (C=O) groups is 2. The van der Waals surface area contributed by atoms with Gasteiger partial charge >= 0.3 is 12.0 Å². The van der Waals surface area contributed by atoms with E-state index in [2.05, 4.69) is 12.2 Å². The third kappa shape index (κ3) is 3.72. The SMILES string of the molecule is CC1CC(NC(=O)N(CCO)c2ccc(C(=O)O)cc2)C1. The van der Waals surface area contributed by atoms with Crippen LogP contribution in [-0.2, 0) is 0 Å². The number of benzene rings is 1. The zero-order valence-corrected chi connectivity index (χ0v) is 12.0. The van der Waals surface area contributed by atoms with Crippen molar-refractivity contribution in [3.8, 4) is 0 Å². The summed E-state index contributed by atoms with van der Waals surface area (Å²) in [5.41, 5.74) is 0.731. The molecule has 2 rings (SSSR count). The Morgan fingerprint density at radius 3 is 2.38 bits per heavy atom. The summed E-state index contributed by atoms with van der Waals surface area (Å²) in [5.74, 6) is -0.375. The van der Waals surface area contributed by atoms with Crippen LogP contribution in [0.2, 0.25) is 0 Å². The molecule has 0 radical (unpaired) electrons. The van der Waals surface area contributed by atoms with Gasteiger partial charge in [0, 0.05) is 11.7 Å². The minimum Gasteiger partial charge on any atom is -0.478 e. The van der Waals surface area contributed by atoms with Gasteiger partial charge in [-0.25, -0.2) is 9.59 Å². The van der Waals surface area contributed by atoms with Crippen LogP contribution in [0.5, 0.6) is 0 Å². The summed E-state index contributed by atoms with van der Waals surface area (Å²) in [6.07, 6.45) is 1.94. The van der Waals surface area contributed by atoms with Crippen LogP contribution in [0.3, 0.4) is 0 Å². The van der Waals surface area contributed by atoms with E-state index in [-0.39, 0.29) is 30.8 Å². The van der Waals surface area contributed by atoms with Crippen molar-refractivity contribution in [3.05, 3.63) is 29.8 Å². The van der Waals surface area contributed by atoms with Gasteiger partial charge in [0.15, 0.2) is 0 Å². The molecular weight excluding hydrogens is 272 g/mol. The highest BCUT2D eigenvalue weighted by atomic mass is 16.4. The van der Waals surface area contributed by atoms with Crippen LogP contribution in [0, 0.1) is 5.92 Å². The van der Waals surface area contributed by atoms with Gasteiger partial charge in [-0.05, 0) is 43.0 Å². The van der Waals surface area contributed by atoms with E-state index in [9.17, 15) is 9.59 Å². The van der Waals surface area contributed by atoms with Crippen LogP contribution < -0.4 is 10.2 Å². The van der Waals surface area contributed by atoms with Crippen LogP contribution in [0.25, 0.3) is 0 Å². The van der Waals surface area contributed by atoms with Crippen molar-refractivity contribution in [2.45, 2.75) is 25.8 Å². The van der Waals surface area contributed by atoms with E-state index in [1.54, 1.807) is 12.1 Å². The molecule has 0 heterocycles. The summed E-state index contributed by atoms with van der Waals surface area (Å²) < 4.78 is 0. The second-order valence-corrected chi connectivity index (χ2v) is 5.45. The minimum atomic E-state index is -1.01. The molecule has 1 aromatic carbocycles. The second kappa shape index (κ2) is 6.58. The van der Waals surface area contributed by atoms with E-state index >= 15 is 0 Å². The molecule has 1 aliphatic carbocycles. The Bertz CT molecular complexity index is 509. The molecule has 2 amide bonds. The van der Waals surface area contributed by atoms with E-state index in [1.807, 2.05) is 0 Å². The first kappa shape index (κ1) is 15.3. The number of carboxylic acids is 1. The van der Waals surface area contributed by atoms with Gasteiger partial charge < -0.3 is 15.5 Å². The van der Waals surface area contributed by atoms with Gasteiger partial charge in [0.2, 0.25) is 0 Å². The van der Waals surface area contributed by atoms with Gasteiger partial charge in [-0.2, -0.15) is 0 Å². The summed E-state index contributed by atoms with van der Waals surface area (Å²) in [6.45, 7) is 2.15. The molecule has 1 aromatic rings. The van der Waals surface area contributed by atoms with Crippen molar-refractivity contribution in [1.29, 1.82) is 0 Å². The lowest BCUT2D eigenvalue weighted by Gasteiger charge is -2.35. The fourth-order valence-corrected chi connectivity index (χ4v) is 2.50. The molecule has 1 saturated carbocycles. The Balaban J connectivity index is 2.06. The van der Waals surface area contributed by atoms with E-state index in [0.717, 1.165) is 12.8 Å². The van der Waals surface area contributed by atoms with Gasteiger partial charge in [0.25, 0.3) is 0 Å². The second-order valence-electron chi connectivity index (χ2n) is 5.45. The average molecular weight is 292 g/mol. The number of nitrogens with one attached hydrogen (secondary N) is 1. The summed E-state index contributed by atoms with van der Waals surface area (Å²) >= 11 is 0. The molecular formula is C15H20N2O4. The monoisotopic (exact) mass is 292 g/mol. The molecule has 0 aliphatic heterocycles.